The van der Waals surface area contributed by atoms with Crippen molar-refractivity contribution in [2.24, 2.45) is 0 Å². The third kappa shape index (κ3) is 8.25. The summed E-state index contributed by atoms with van der Waals surface area (Å²) >= 11 is 0. The van der Waals surface area contributed by atoms with E-state index in [1.807, 2.05) is 13.8 Å². The van der Waals surface area contributed by atoms with Crippen LogP contribution in [-0.2, 0) is 9.59 Å². The predicted octanol–water partition coefficient (Wildman–Crippen LogP) is 2.09. The van der Waals surface area contributed by atoms with Gasteiger partial charge in [0.15, 0.2) is 0 Å². The summed E-state index contributed by atoms with van der Waals surface area (Å²) in [5.74, 6) is -1.65. The molecule has 0 heterocycles. The smallest absolute Gasteiger partial charge is 0.304 e. The van der Waals surface area contributed by atoms with E-state index in [1.54, 1.807) is 0 Å². The van der Waals surface area contributed by atoms with Gasteiger partial charge in [0.2, 0.25) is 0 Å². The van der Waals surface area contributed by atoms with E-state index in [2.05, 4.69) is 0 Å². The predicted molar refractivity (Wildman–Crippen MR) is 58.6 cm³/mol. The van der Waals surface area contributed by atoms with Crippen LogP contribution in [0.2, 0.25) is 0 Å². The molecule has 0 aliphatic carbocycles. The van der Waals surface area contributed by atoms with Crippen molar-refractivity contribution in [3.63, 3.8) is 0 Å². The van der Waals surface area contributed by atoms with Gasteiger partial charge in [-0.15, -0.1) is 0 Å². The van der Waals surface area contributed by atoms with Gasteiger partial charge in [-0.25, -0.2) is 0 Å². The second-order valence-corrected chi connectivity index (χ2v) is 6.16. The van der Waals surface area contributed by atoms with Gasteiger partial charge in [-0.05, 0) is 0 Å². The van der Waals surface area contributed by atoms with Crippen LogP contribution in [0.4, 0.5) is 0 Å². The van der Waals surface area contributed by atoms with Crippen LogP contribution in [-0.4, -0.2) is 32.7 Å². The molecule has 0 aromatic carbocycles. The molecule has 2 atom stereocenters. The number of carbonyl (C=O) groups is 2. The minimum atomic E-state index is -0.823. The quantitative estimate of drug-likeness (QED) is 0.662. The fraction of sp³-hybridized carbons (Fsp3) is 0.750. The van der Waals surface area contributed by atoms with Crippen molar-refractivity contribution in [2.75, 3.05) is 0 Å². The molecule has 0 rings (SSSR count). The van der Waals surface area contributed by atoms with Gasteiger partial charge >= 0.3 is 11.9 Å². The van der Waals surface area contributed by atoms with E-state index in [0.717, 1.165) is 0 Å². The number of carboxylic acid groups (broad SMARTS) is 2. The number of carboxylic acids is 2. The van der Waals surface area contributed by atoms with E-state index < -0.39 is 11.9 Å². The Morgan fingerprint density at radius 1 is 1.00 bits per heavy atom. The van der Waals surface area contributed by atoms with Crippen molar-refractivity contribution < 1.29 is 19.8 Å². The van der Waals surface area contributed by atoms with E-state index >= 15 is 0 Å². The largest absolute Gasteiger partial charge is 0.481 e. The summed E-state index contributed by atoms with van der Waals surface area (Å²) in [7, 11) is 2.85. The van der Waals surface area contributed by atoms with Crippen LogP contribution in [0.15, 0.2) is 0 Å². The molecule has 0 aromatic heterocycles. The highest BCUT2D eigenvalue weighted by molar-refractivity contribution is 8.77. The lowest BCUT2D eigenvalue weighted by molar-refractivity contribution is -0.137. The van der Waals surface area contributed by atoms with Crippen molar-refractivity contribution in [2.45, 2.75) is 37.2 Å². The van der Waals surface area contributed by atoms with Crippen molar-refractivity contribution in [1.82, 2.24) is 0 Å². The highest BCUT2D eigenvalue weighted by atomic mass is 33.1. The van der Waals surface area contributed by atoms with Crippen LogP contribution in [0.25, 0.3) is 0 Å². The topological polar surface area (TPSA) is 74.6 Å². The van der Waals surface area contributed by atoms with E-state index in [-0.39, 0.29) is 23.3 Å². The minimum Gasteiger partial charge on any atom is -0.481 e. The van der Waals surface area contributed by atoms with Gasteiger partial charge in [0, 0.05) is 10.5 Å². The average Bonchev–Trinajstić information content (AvgIpc) is 1.98. The van der Waals surface area contributed by atoms with Gasteiger partial charge in [0.05, 0.1) is 12.8 Å². The summed E-state index contributed by atoms with van der Waals surface area (Å²) in [4.78, 5) is 20.6. The Morgan fingerprint density at radius 2 is 1.29 bits per heavy atom. The molecule has 82 valence electrons. The Bertz CT molecular complexity index is 186. The molecule has 0 aliphatic rings. The molecule has 0 radical (unpaired) electrons. The molecule has 0 spiro atoms. The van der Waals surface area contributed by atoms with Crippen molar-refractivity contribution in [3.8, 4) is 0 Å². The highest BCUT2D eigenvalue weighted by Crippen LogP contribution is 2.33. The first-order valence-corrected chi connectivity index (χ1v) is 6.45. The zero-order valence-corrected chi connectivity index (χ0v) is 9.73. The molecule has 0 saturated carbocycles. The van der Waals surface area contributed by atoms with E-state index in [1.165, 1.54) is 21.6 Å². The van der Waals surface area contributed by atoms with Crippen LogP contribution < -0.4 is 0 Å². The molecule has 0 fully saturated rings. The first-order valence-electron chi connectivity index (χ1n) is 4.17. The Kier molecular flexibility index (Phi) is 6.82. The number of aliphatic carboxylic acids is 2. The van der Waals surface area contributed by atoms with Crippen molar-refractivity contribution in [1.29, 1.82) is 0 Å². The molecule has 0 saturated heterocycles. The fourth-order valence-electron chi connectivity index (χ4n) is 0.750. The Labute approximate surface area is 90.9 Å². The molecule has 0 aromatic rings. The normalized spacial score (nSPS) is 14.7. The molecule has 0 amide bonds. The lowest BCUT2D eigenvalue weighted by Crippen LogP contribution is -2.07. The molecular formula is C8H14O4S2. The van der Waals surface area contributed by atoms with Crippen LogP contribution in [0.3, 0.4) is 0 Å². The van der Waals surface area contributed by atoms with Gasteiger partial charge in [-0.3, -0.25) is 9.59 Å². The van der Waals surface area contributed by atoms with E-state index in [4.69, 9.17) is 10.2 Å². The third-order valence-electron chi connectivity index (χ3n) is 1.31. The van der Waals surface area contributed by atoms with Crippen LogP contribution in [0, 0.1) is 0 Å². The SMILES string of the molecule is CC(CC(=O)O)SSC(C)CC(=O)O. The Morgan fingerprint density at radius 3 is 1.50 bits per heavy atom. The average molecular weight is 238 g/mol. The maximum absolute atomic E-state index is 10.3. The second kappa shape index (κ2) is 7.00. The highest BCUT2D eigenvalue weighted by Gasteiger charge is 2.13. The maximum Gasteiger partial charge on any atom is 0.304 e. The van der Waals surface area contributed by atoms with Gasteiger partial charge in [0.1, 0.15) is 0 Å². The first kappa shape index (κ1) is 13.6. The molecule has 6 heteroatoms. The fourth-order valence-corrected chi connectivity index (χ4v) is 3.10. The number of rotatable bonds is 7. The summed E-state index contributed by atoms with van der Waals surface area (Å²) in [5, 5.41) is 17.0. The lowest BCUT2D eigenvalue weighted by Gasteiger charge is -2.11. The van der Waals surface area contributed by atoms with Gasteiger partial charge in [-0.1, -0.05) is 35.4 Å². The summed E-state index contributed by atoms with van der Waals surface area (Å²) in [6, 6.07) is 0. The van der Waals surface area contributed by atoms with E-state index in [0.29, 0.717) is 0 Å². The summed E-state index contributed by atoms with van der Waals surface area (Å²) in [6.45, 7) is 3.64. The molecule has 2 unspecified atom stereocenters. The van der Waals surface area contributed by atoms with Crippen LogP contribution >= 0.6 is 21.6 Å². The maximum atomic E-state index is 10.3. The van der Waals surface area contributed by atoms with Gasteiger partial charge in [-0.2, -0.15) is 0 Å². The Hall–Kier alpha value is -0.360. The van der Waals surface area contributed by atoms with Crippen molar-refractivity contribution >= 4 is 33.5 Å². The standard InChI is InChI=1S/C8H14O4S2/c1-5(3-7(9)10)13-14-6(2)4-8(11)12/h5-6H,3-4H2,1-2H3,(H,9,10)(H,11,12). The van der Waals surface area contributed by atoms with Crippen LogP contribution in [0.1, 0.15) is 26.7 Å². The zero-order valence-electron chi connectivity index (χ0n) is 8.10. The van der Waals surface area contributed by atoms with E-state index in [9.17, 15) is 9.59 Å². The second-order valence-electron chi connectivity index (χ2n) is 3.01. The molecular weight excluding hydrogens is 224 g/mol. The molecule has 14 heavy (non-hydrogen) atoms. The van der Waals surface area contributed by atoms with Crippen LogP contribution in [0.5, 0.6) is 0 Å². The van der Waals surface area contributed by atoms with Gasteiger partial charge in [0.25, 0.3) is 0 Å². The minimum absolute atomic E-state index is 0.00810. The molecule has 0 aliphatic heterocycles. The monoisotopic (exact) mass is 238 g/mol. The third-order valence-corrected chi connectivity index (χ3v) is 4.71. The molecule has 2 N–H and O–H groups in total. The summed E-state index contributed by atoms with van der Waals surface area (Å²) in [6.07, 6.45) is 0.217. The van der Waals surface area contributed by atoms with Crippen molar-refractivity contribution in [3.05, 3.63) is 0 Å². The number of hydrogen-bond acceptors (Lipinski definition) is 4. The first-order chi connectivity index (χ1) is 6.41. The number of hydrogen-bond donors (Lipinski definition) is 2. The zero-order chi connectivity index (χ0) is 11.1. The Balaban J connectivity index is 3.60. The molecule has 0 bridgehead atoms. The lowest BCUT2D eigenvalue weighted by atomic mass is 10.3. The molecule has 4 nitrogen and oxygen atoms in total. The summed E-state index contributed by atoms with van der Waals surface area (Å²) < 4.78 is 0. The summed E-state index contributed by atoms with van der Waals surface area (Å²) in [5.41, 5.74) is 0. The van der Waals surface area contributed by atoms with Gasteiger partial charge < -0.3 is 10.2 Å².